The van der Waals surface area contributed by atoms with E-state index in [2.05, 4.69) is 16.0 Å². The van der Waals surface area contributed by atoms with E-state index in [0.29, 0.717) is 31.9 Å². The molecule has 1 heterocycles. The van der Waals surface area contributed by atoms with E-state index in [4.69, 9.17) is 11.0 Å². The van der Waals surface area contributed by atoms with E-state index in [0.717, 1.165) is 21.9 Å². The Labute approximate surface area is 157 Å². The fraction of sp³-hybridized carbons (Fsp3) is 0.190. The van der Waals surface area contributed by atoms with Gasteiger partial charge in [0.25, 0.3) is 0 Å². The minimum Gasteiger partial charge on any atom is -0.353 e. The Hall–Kier alpha value is -3.30. The summed E-state index contributed by atoms with van der Waals surface area (Å²) < 4.78 is 13.5. The molecule has 0 unspecified atom stereocenters. The Morgan fingerprint density at radius 2 is 2.04 bits per heavy atom. The smallest absolute Gasteiger partial charge is 0.207 e. The fourth-order valence-corrected chi connectivity index (χ4v) is 3.02. The number of amidine groups is 1. The average molecular weight is 361 g/mol. The lowest BCUT2D eigenvalue weighted by atomic mass is 10.1. The molecule has 1 aromatic heterocycles. The molecule has 136 valence electrons. The SMILES string of the molecule is N#CN=C(Cc1ccc2cnccc2c1)N(CCN)Cc1cccc(F)c1. The van der Waals surface area contributed by atoms with Gasteiger partial charge in [-0.3, -0.25) is 4.98 Å². The number of benzene rings is 2. The second kappa shape index (κ2) is 8.88. The van der Waals surface area contributed by atoms with Crippen LogP contribution >= 0.6 is 0 Å². The zero-order valence-electron chi connectivity index (χ0n) is 14.8. The van der Waals surface area contributed by atoms with Gasteiger partial charge in [0, 0.05) is 43.8 Å². The summed E-state index contributed by atoms with van der Waals surface area (Å²) >= 11 is 0. The fourth-order valence-electron chi connectivity index (χ4n) is 3.02. The molecule has 5 nitrogen and oxygen atoms in total. The van der Waals surface area contributed by atoms with E-state index in [1.54, 1.807) is 12.3 Å². The molecule has 27 heavy (non-hydrogen) atoms. The third kappa shape index (κ3) is 4.87. The van der Waals surface area contributed by atoms with E-state index in [-0.39, 0.29) is 5.82 Å². The van der Waals surface area contributed by atoms with Crippen molar-refractivity contribution in [3.8, 4) is 6.19 Å². The summed E-state index contributed by atoms with van der Waals surface area (Å²) in [6.07, 6.45) is 5.93. The van der Waals surface area contributed by atoms with Gasteiger partial charge in [-0.05, 0) is 34.7 Å². The maximum absolute atomic E-state index is 13.5. The minimum absolute atomic E-state index is 0.290. The Kier molecular flexibility index (Phi) is 6.08. The van der Waals surface area contributed by atoms with Gasteiger partial charge in [-0.15, -0.1) is 0 Å². The second-order valence-electron chi connectivity index (χ2n) is 6.20. The molecule has 2 N–H and O–H groups in total. The van der Waals surface area contributed by atoms with Crippen molar-refractivity contribution in [2.75, 3.05) is 13.1 Å². The maximum atomic E-state index is 13.5. The zero-order chi connectivity index (χ0) is 19.1. The first kappa shape index (κ1) is 18.5. The number of nitrogens with zero attached hydrogens (tertiary/aromatic N) is 4. The number of hydrogen-bond acceptors (Lipinski definition) is 4. The lowest BCUT2D eigenvalue weighted by Crippen LogP contribution is -2.36. The molecular formula is C21H20FN5. The predicted octanol–water partition coefficient (Wildman–Crippen LogP) is 3.26. The molecule has 3 aromatic rings. The first-order chi connectivity index (χ1) is 13.2. The highest BCUT2D eigenvalue weighted by Crippen LogP contribution is 2.17. The summed E-state index contributed by atoms with van der Waals surface area (Å²) in [6, 6.07) is 14.4. The van der Waals surface area contributed by atoms with Gasteiger partial charge in [-0.2, -0.15) is 10.3 Å². The Morgan fingerprint density at radius 3 is 2.81 bits per heavy atom. The van der Waals surface area contributed by atoms with Gasteiger partial charge in [0.1, 0.15) is 11.7 Å². The molecule has 0 radical (unpaired) electrons. The summed E-state index contributed by atoms with van der Waals surface area (Å²) in [5.74, 6) is 0.322. The van der Waals surface area contributed by atoms with Crippen LogP contribution in [0.1, 0.15) is 11.1 Å². The highest BCUT2D eigenvalue weighted by Gasteiger charge is 2.13. The number of halogens is 1. The normalized spacial score (nSPS) is 11.4. The van der Waals surface area contributed by atoms with Gasteiger partial charge in [0.2, 0.25) is 6.19 Å². The molecule has 0 amide bonds. The molecule has 0 bridgehead atoms. The van der Waals surface area contributed by atoms with Crippen LogP contribution in [0.3, 0.4) is 0 Å². The van der Waals surface area contributed by atoms with Gasteiger partial charge >= 0.3 is 0 Å². The van der Waals surface area contributed by atoms with Crippen molar-refractivity contribution in [2.45, 2.75) is 13.0 Å². The summed E-state index contributed by atoms with van der Waals surface area (Å²) in [5.41, 5.74) is 7.59. The molecular weight excluding hydrogens is 341 g/mol. The highest BCUT2D eigenvalue weighted by molar-refractivity contribution is 5.88. The van der Waals surface area contributed by atoms with Gasteiger partial charge in [0.15, 0.2) is 0 Å². The number of fused-ring (bicyclic) bond motifs is 1. The van der Waals surface area contributed by atoms with E-state index in [1.807, 2.05) is 41.6 Å². The molecule has 0 aliphatic rings. The van der Waals surface area contributed by atoms with Crippen LogP contribution in [0.25, 0.3) is 10.8 Å². The van der Waals surface area contributed by atoms with Crippen LogP contribution in [0.15, 0.2) is 65.9 Å². The van der Waals surface area contributed by atoms with Gasteiger partial charge < -0.3 is 10.6 Å². The van der Waals surface area contributed by atoms with Crippen LogP contribution < -0.4 is 5.73 Å². The van der Waals surface area contributed by atoms with E-state index >= 15 is 0 Å². The topological polar surface area (TPSA) is 78.3 Å². The first-order valence-electron chi connectivity index (χ1n) is 8.67. The molecule has 0 saturated heterocycles. The van der Waals surface area contributed by atoms with Crippen LogP contribution in [0.4, 0.5) is 4.39 Å². The standard InChI is InChI=1S/C21H20FN5/c22-20-3-1-2-17(11-20)14-27(9-7-23)21(26-15-24)12-16-4-5-19-13-25-8-6-18(19)10-16/h1-6,8,10-11,13H,7,9,12,14,23H2. The molecule has 0 fully saturated rings. The lowest BCUT2D eigenvalue weighted by Gasteiger charge is -2.25. The highest BCUT2D eigenvalue weighted by atomic mass is 19.1. The van der Waals surface area contributed by atoms with Crippen molar-refractivity contribution in [3.05, 3.63) is 77.9 Å². The van der Waals surface area contributed by atoms with Crippen LogP contribution in [0.2, 0.25) is 0 Å². The second-order valence-corrected chi connectivity index (χ2v) is 6.20. The maximum Gasteiger partial charge on any atom is 0.207 e. The van der Waals surface area contributed by atoms with Gasteiger partial charge in [-0.25, -0.2) is 4.39 Å². The Morgan fingerprint density at radius 1 is 1.15 bits per heavy atom. The average Bonchev–Trinajstić information content (AvgIpc) is 2.67. The van der Waals surface area contributed by atoms with Crippen molar-refractivity contribution in [2.24, 2.45) is 10.7 Å². The van der Waals surface area contributed by atoms with Gasteiger partial charge in [-0.1, -0.05) is 30.3 Å². The third-order valence-corrected chi connectivity index (χ3v) is 4.27. The van der Waals surface area contributed by atoms with Crippen LogP contribution in [0, 0.1) is 17.3 Å². The summed E-state index contributed by atoms with van der Waals surface area (Å²) in [5, 5.41) is 11.3. The van der Waals surface area contributed by atoms with E-state index < -0.39 is 0 Å². The van der Waals surface area contributed by atoms with Crippen LogP contribution in [0.5, 0.6) is 0 Å². The molecule has 0 atom stereocenters. The summed E-state index contributed by atoms with van der Waals surface area (Å²) in [7, 11) is 0. The number of rotatable bonds is 6. The van der Waals surface area contributed by atoms with Gasteiger partial charge in [0.05, 0.1) is 0 Å². The number of hydrogen-bond donors (Lipinski definition) is 1. The minimum atomic E-state index is -0.290. The zero-order valence-corrected chi connectivity index (χ0v) is 14.8. The number of nitriles is 1. The monoisotopic (exact) mass is 361 g/mol. The number of pyridine rings is 1. The third-order valence-electron chi connectivity index (χ3n) is 4.27. The summed E-state index contributed by atoms with van der Waals surface area (Å²) in [6.45, 7) is 1.37. The molecule has 2 aromatic carbocycles. The number of nitrogens with two attached hydrogens (primary N) is 1. The van der Waals surface area contributed by atoms with Crippen molar-refractivity contribution in [1.29, 1.82) is 5.26 Å². The largest absolute Gasteiger partial charge is 0.353 e. The number of aromatic nitrogens is 1. The van der Waals surface area contributed by atoms with Crippen molar-refractivity contribution in [3.63, 3.8) is 0 Å². The van der Waals surface area contributed by atoms with Crippen molar-refractivity contribution in [1.82, 2.24) is 9.88 Å². The van der Waals surface area contributed by atoms with Crippen LogP contribution in [-0.2, 0) is 13.0 Å². The lowest BCUT2D eigenvalue weighted by molar-refractivity contribution is 0.415. The molecule has 6 heteroatoms. The number of aliphatic imine (C=N–C) groups is 1. The summed E-state index contributed by atoms with van der Waals surface area (Å²) in [4.78, 5) is 10.1. The molecule has 0 aliphatic heterocycles. The van der Waals surface area contributed by atoms with Crippen molar-refractivity contribution < 1.29 is 4.39 Å². The molecule has 0 aliphatic carbocycles. The van der Waals surface area contributed by atoms with Crippen molar-refractivity contribution >= 4 is 16.6 Å². The Balaban J connectivity index is 1.86. The van der Waals surface area contributed by atoms with E-state index in [1.165, 1.54) is 12.1 Å². The molecule has 3 rings (SSSR count). The Bertz CT molecular complexity index is 993. The first-order valence-corrected chi connectivity index (χ1v) is 8.67. The molecule has 0 spiro atoms. The quantitative estimate of drug-likeness (QED) is 0.415. The van der Waals surface area contributed by atoms with E-state index in [9.17, 15) is 4.39 Å². The molecule has 0 saturated carbocycles. The van der Waals surface area contributed by atoms with Crippen LogP contribution in [-0.4, -0.2) is 28.8 Å². The predicted molar refractivity (Wildman–Crippen MR) is 104 cm³/mol.